The molecule has 0 unspecified atom stereocenters. The molecule has 0 saturated carbocycles. The van der Waals surface area contributed by atoms with E-state index in [4.69, 9.17) is 9.47 Å². The van der Waals surface area contributed by atoms with Gasteiger partial charge in [0.25, 0.3) is 5.91 Å². The van der Waals surface area contributed by atoms with Gasteiger partial charge >= 0.3 is 6.09 Å². The van der Waals surface area contributed by atoms with Crippen LogP contribution in [0.5, 0.6) is 5.75 Å². The number of benzene rings is 1. The zero-order valence-electron chi connectivity index (χ0n) is 13.4. The zero-order chi connectivity index (χ0) is 16.8. The van der Waals surface area contributed by atoms with Gasteiger partial charge in [0.1, 0.15) is 0 Å². The monoisotopic (exact) mass is 324 g/mol. The van der Waals surface area contributed by atoms with Gasteiger partial charge in [-0.3, -0.25) is 4.79 Å². The molecule has 1 aromatic carbocycles. The number of rotatable bonds is 4. The number of carbonyl (C=O) groups excluding carboxylic acids is 2. The molecule has 126 valence electrons. The number of halogens is 1. The van der Waals surface area contributed by atoms with Gasteiger partial charge in [-0.25, -0.2) is 9.18 Å². The second-order valence-corrected chi connectivity index (χ2v) is 5.06. The molecule has 0 aliphatic carbocycles. The summed E-state index contributed by atoms with van der Waals surface area (Å²) in [6.45, 7) is 5.80. The Bertz CT molecular complexity index is 571. The van der Waals surface area contributed by atoms with Crippen LogP contribution >= 0.6 is 0 Å². The van der Waals surface area contributed by atoms with E-state index in [1.165, 1.54) is 12.1 Å². The Morgan fingerprint density at radius 2 is 1.74 bits per heavy atom. The van der Waals surface area contributed by atoms with Gasteiger partial charge in [-0.15, -0.1) is 0 Å². The molecule has 0 radical (unpaired) electrons. The summed E-state index contributed by atoms with van der Waals surface area (Å²) < 4.78 is 23.9. The molecule has 0 aromatic heterocycles. The van der Waals surface area contributed by atoms with Crippen molar-refractivity contribution in [2.45, 2.75) is 13.8 Å². The van der Waals surface area contributed by atoms with Gasteiger partial charge in [-0.1, -0.05) is 0 Å². The molecule has 7 heteroatoms. The first-order chi connectivity index (χ1) is 11.1. The number of hydrogen-bond donors (Lipinski definition) is 0. The quantitative estimate of drug-likeness (QED) is 0.851. The second kappa shape index (κ2) is 7.80. The van der Waals surface area contributed by atoms with Crippen LogP contribution in [0.2, 0.25) is 0 Å². The van der Waals surface area contributed by atoms with Crippen LogP contribution in [0, 0.1) is 5.82 Å². The van der Waals surface area contributed by atoms with Gasteiger partial charge in [0.05, 0.1) is 13.2 Å². The van der Waals surface area contributed by atoms with E-state index in [9.17, 15) is 14.0 Å². The van der Waals surface area contributed by atoms with Gasteiger partial charge < -0.3 is 19.3 Å². The lowest BCUT2D eigenvalue weighted by Crippen LogP contribution is -2.50. The summed E-state index contributed by atoms with van der Waals surface area (Å²) in [4.78, 5) is 27.2. The first-order valence-electron chi connectivity index (χ1n) is 7.70. The summed E-state index contributed by atoms with van der Waals surface area (Å²) in [5, 5.41) is 0. The summed E-state index contributed by atoms with van der Waals surface area (Å²) in [5.74, 6) is -0.672. The molecule has 0 bridgehead atoms. The highest BCUT2D eigenvalue weighted by atomic mass is 19.1. The average molecular weight is 324 g/mol. The topological polar surface area (TPSA) is 59.1 Å². The van der Waals surface area contributed by atoms with E-state index in [2.05, 4.69) is 0 Å². The molecule has 1 heterocycles. The van der Waals surface area contributed by atoms with Crippen molar-refractivity contribution >= 4 is 12.0 Å². The third-order valence-electron chi connectivity index (χ3n) is 3.57. The van der Waals surface area contributed by atoms with Crippen LogP contribution < -0.4 is 4.74 Å². The molecule has 0 spiro atoms. The van der Waals surface area contributed by atoms with Gasteiger partial charge in [-0.05, 0) is 32.0 Å². The van der Waals surface area contributed by atoms with E-state index >= 15 is 0 Å². The van der Waals surface area contributed by atoms with Crippen molar-refractivity contribution in [2.24, 2.45) is 0 Å². The van der Waals surface area contributed by atoms with Crippen molar-refractivity contribution in [1.82, 2.24) is 9.80 Å². The highest BCUT2D eigenvalue weighted by Gasteiger charge is 2.25. The highest BCUT2D eigenvalue weighted by Crippen LogP contribution is 2.20. The summed E-state index contributed by atoms with van der Waals surface area (Å²) in [5.41, 5.74) is 0.274. The lowest BCUT2D eigenvalue weighted by atomic mass is 10.1. The lowest BCUT2D eigenvalue weighted by molar-refractivity contribution is 0.0570. The fourth-order valence-corrected chi connectivity index (χ4v) is 2.40. The molecule has 0 atom stereocenters. The van der Waals surface area contributed by atoms with E-state index in [1.807, 2.05) is 0 Å². The zero-order valence-corrected chi connectivity index (χ0v) is 13.4. The third-order valence-corrected chi connectivity index (χ3v) is 3.57. The van der Waals surface area contributed by atoms with Crippen LogP contribution in [0.15, 0.2) is 18.2 Å². The molecule has 23 heavy (non-hydrogen) atoms. The Kier molecular flexibility index (Phi) is 5.78. The predicted octanol–water partition coefficient (Wildman–Crippen LogP) is 2.14. The van der Waals surface area contributed by atoms with Crippen molar-refractivity contribution < 1.29 is 23.5 Å². The Hall–Kier alpha value is -2.31. The van der Waals surface area contributed by atoms with E-state index in [1.54, 1.807) is 29.7 Å². The van der Waals surface area contributed by atoms with Crippen LogP contribution in [-0.4, -0.2) is 61.2 Å². The Balaban J connectivity index is 1.97. The summed E-state index contributed by atoms with van der Waals surface area (Å²) >= 11 is 0. The number of carbonyl (C=O) groups is 2. The second-order valence-electron chi connectivity index (χ2n) is 5.06. The molecule has 1 aliphatic heterocycles. The third kappa shape index (κ3) is 4.12. The minimum Gasteiger partial charge on any atom is -0.491 e. The molecule has 2 rings (SSSR count). The Morgan fingerprint density at radius 1 is 1.09 bits per heavy atom. The lowest BCUT2D eigenvalue weighted by Gasteiger charge is -2.34. The van der Waals surface area contributed by atoms with E-state index < -0.39 is 5.82 Å². The number of ether oxygens (including phenoxy) is 2. The SMILES string of the molecule is CCOC(=O)N1CCN(C(=O)c2ccc(OCC)c(F)c2)CC1. The van der Waals surface area contributed by atoms with Crippen LogP contribution in [0.4, 0.5) is 9.18 Å². The summed E-state index contributed by atoms with van der Waals surface area (Å²) in [6.07, 6.45) is -0.369. The fraction of sp³-hybridized carbons (Fsp3) is 0.500. The van der Waals surface area contributed by atoms with Crippen LogP contribution in [0.3, 0.4) is 0 Å². The van der Waals surface area contributed by atoms with Gasteiger partial charge in [0.15, 0.2) is 11.6 Å². The molecule has 1 saturated heterocycles. The normalized spacial score (nSPS) is 14.6. The molecular weight excluding hydrogens is 303 g/mol. The maximum atomic E-state index is 13.9. The maximum Gasteiger partial charge on any atom is 0.409 e. The highest BCUT2D eigenvalue weighted by molar-refractivity contribution is 5.94. The van der Waals surface area contributed by atoms with Crippen LogP contribution in [0.25, 0.3) is 0 Å². The van der Waals surface area contributed by atoms with E-state index in [-0.39, 0.29) is 23.3 Å². The molecule has 2 amide bonds. The molecule has 1 aromatic rings. The van der Waals surface area contributed by atoms with Gasteiger partial charge in [0, 0.05) is 31.7 Å². The minimum atomic E-state index is -0.553. The summed E-state index contributed by atoms with van der Waals surface area (Å²) in [6, 6.07) is 4.19. The largest absolute Gasteiger partial charge is 0.491 e. The summed E-state index contributed by atoms with van der Waals surface area (Å²) in [7, 11) is 0. The van der Waals surface area contributed by atoms with Crippen LogP contribution in [-0.2, 0) is 4.74 Å². The minimum absolute atomic E-state index is 0.135. The molecule has 1 fully saturated rings. The Labute approximate surface area is 134 Å². The van der Waals surface area contributed by atoms with Crippen molar-refractivity contribution in [2.75, 3.05) is 39.4 Å². The van der Waals surface area contributed by atoms with Crippen molar-refractivity contribution in [3.63, 3.8) is 0 Å². The predicted molar refractivity (Wildman–Crippen MR) is 82.1 cm³/mol. The molecule has 1 aliphatic rings. The van der Waals surface area contributed by atoms with Crippen molar-refractivity contribution in [1.29, 1.82) is 0 Å². The standard InChI is InChI=1S/C16H21FN2O4/c1-3-22-14-6-5-12(11-13(14)17)15(20)18-7-9-19(10-8-18)16(21)23-4-2/h5-6,11H,3-4,7-10H2,1-2H3. The average Bonchev–Trinajstić information content (AvgIpc) is 2.56. The molecule has 6 nitrogen and oxygen atoms in total. The van der Waals surface area contributed by atoms with E-state index in [0.717, 1.165) is 0 Å². The van der Waals surface area contributed by atoms with Crippen molar-refractivity contribution in [3.05, 3.63) is 29.6 Å². The number of piperazine rings is 1. The first kappa shape index (κ1) is 17.1. The maximum absolute atomic E-state index is 13.9. The molecular formula is C16H21FN2O4. The number of amides is 2. The number of nitrogens with zero attached hydrogens (tertiary/aromatic N) is 2. The smallest absolute Gasteiger partial charge is 0.409 e. The van der Waals surface area contributed by atoms with E-state index in [0.29, 0.717) is 39.4 Å². The molecule has 0 N–H and O–H groups in total. The van der Waals surface area contributed by atoms with Gasteiger partial charge in [-0.2, -0.15) is 0 Å². The first-order valence-corrected chi connectivity index (χ1v) is 7.70. The van der Waals surface area contributed by atoms with Crippen LogP contribution in [0.1, 0.15) is 24.2 Å². The van der Waals surface area contributed by atoms with Gasteiger partial charge in [0.2, 0.25) is 0 Å². The number of hydrogen-bond acceptors (Lipinski definition) is 4. The fourth-order valence-electron chi connectivity index (χ4n) is 2.40. The van der Waals surface area contributed by atoms with Crippen molar-refractivity contribution in [3.8, 4) is 5.75 Å². The Morgan fingerprint density at radius 3 is 2.30 bits per heavy atom.